The Morgan fingerprint density at radius 1 is 1.06 bits per heavy atom. The number of carbonyl (C=O) groups excluding carboxylic acids is 2. The van der Waals surface area contributed by atoms with Crippen molar-refractivity contribution in [1.82, 2.24) is 5.32 Å². The van der Waals surface area contributed by atoms with Crippen molar-refractivity contribution in [2.45, 2.75) is 19.3 Å². The number of rotatable bonds is 2. The van der Waals surface area contributed by atoms with Crippen LogP contribution in [0.2, 0.25) is 0 Å². The molecule has 0 heterocycles. The summed E-state index contributed by atoms with van der Waals surface area (Å²) in [6.45, 7) is 0. The van der Waals surface area contributed by atoms with Gasteiger partial charge >= 0.3 is 0 Å². The fourth-order valence-electron chi connectivity index (χ4n) is 1.87. The fourth-order valence-corrected chi connectivity index (χ4v) is 1.87. The summed E-state index contributed by atoms with van der Waals surface area (Å²) in [6, 6.07) is 8.64. The van der Waals surface area contributed by atoms with Crippen molar-refractivity contribution in [2.75, 3.05) is 0 Å². The van der Waals surface area contributed by atoms with E-state index < -0.39 is 0 Å². The molecule has 0 atom stereocenters. The zero-order valence-electron chi connectivity index (χ0n) is 9.40. The van der Waals surface area contributed by atoms with Gasteiger partial charge in [-0.3, -0.25) is 14.9 Å². The molecular formula is C13H14N2O2. The third-order valence-corrected chi connectivity index (χ3v) is 2.80. The van der Waals surface area contributed by atoms with Crippen LogP contribution in [-0.2, 0) is 4.79 Å². The molecule has 0 spiro atoms. The Bertz CT molecular complexity index is 477. The molecule has 0 bridgehead atoms. The number of nitrogens with one attached hydrogen (secondary N) is 1. The second-order valence-electron chi connectivity index (χ2n) is 4.01. The summed E-state index contributed by atoms with van der Waals surface area (Å²) < 4.78 is 0. The zero-order chi connectivity index (χ0) is 12.3. The molecule has 0 saturated heterocycles. The molecule has 2 rings (SSSR count). The minimum atomic E-state index is -0.386. The van der Waals surface area contributed by atoms with Crippen molar-refractivity contribution in [3.8, 4) is 0 Å². The number of carbonyl (C=O) groups is 2. The second kappa shape index (κ2) is 4.82. The van der Waals surface area contributed by atoms with Gasteiger partial charge in [0.05, 0.1) is 0 Å². The Kier molecular flexibility index (Phi) is 3.23. The van der Waals surface area contributed by atoms with Crippen LogP contribution in [0.15, 0.2) is 41.6 Å². The lowest BCUT2D eigenvalue weighted by Gasteiger charge is -2.05. The topological polar surface area (TPSA) is 72.2 Å². The van der Waals surface area contributed by atoms with E-state index in [0.29, 0.717) is 23.3 Å². The number of allylic oxidation sites excluding steroid dienone is 1. The fraction of sp³-hybridized carbons (Fsp3) is 0.231. The van der Waals surface area contributed by atoms with Crippen LogP contribution in [0.3, 0.4) is 0 Å². The largest absolute Gasteiger partial charge is 0.402 e. The number of amides is 2. The highest BCUT2D eigenvalue weighted by Gasteiger charge is 2.20. The van der Waals surface area contributed by atoms with E-state index in [9.17, 15) is 9.59 Å². The minimum Gasteiger partial charge on any atom is -0.402 e. The highest BCUT2D eigenvalue weighted by atomic mass is 16.2. The van der Waals surface area contributed by atoms with Crippen molar-refractivity contribution in [3.63, 3.8) is 0 Å². The van der Waals surface area contributed by atoms with Gasteiger partial charge in [-0.25, -0.2) is 0 Å². The smallest absolute Gasteiger partial charge is 0.258 e. The maximum absolute atomic E-state index is 11.8. The predicted octanol–water partition coefficient (Wildman–Crippen LogP) is 1.34. The first-order valence-electron chi connectivity index (χ1n) is 5.56. The highest BCUT2D eigenvalue weighted by Crippen LogP contribution is 2.22. The van der Waals surface area contributed by atoms with E-state index in [1.165, 1.54) is 0 Å². The Labute approximate surface area is 99.5 Å². The summed E-state index contributed by atoms with van der Waals surface area (Å²) in [4.78, 5) is 23.5. The minimum absolute atomic E-state index is 0.367. The molecule has 0 saturated carbocycles. The Balaban J connectivity index is 2.05. The molecule has 1 aliphatic carbocycles. The number of imide groups is 1. The number of nitrogens with two attached hydrogens (primary N) is 1. The Morgan fingerprint density at radius 2 is 1.76 bits per heavy atom. The molecule has 4 nitrogen and oxygen atoms in total. The van der Waals surface area contributed by atoms with Crippen LogP contribution in [-0.4, -0.2) is 11.8 Å². The molecule has 0 aromatic heterocycles. The normalized spacial score (nSPS) is 14.8. The van der Waals surface area contributed by atoms with E-state index in [1.807, 2.05) is 6.07 Å². The van der Waals surface area contributed by atoms with Gasteiger partial charge < -0.3 is 5.73 Å². The molecule has 88 valence electrons. The van der Waals surface area contributed by atoms with E-state index >= 15 is 0 Å². The lowest BCUT2D eigenvalue weighted by Crippen LogP contribution is -2.32. The van der Waals surface area contributed by atoms with Crippen molar-refractivity contribution in [1.29, 1.82) is 0 Å². The van der Waals surface area contributed by atoms with E-state index in [-0.39, 0.29) is 11.8 Å². The first kappa shape index (κ1) is 11.4. The summed E-state index contributed by atoms with van der Waals surface area (Å²) >= 11 is 0. The molecule has 0 aliphatic heterocycles. The summed E-state index contributed by atoms with van der Waals surface area (Å²) in [5.41, 5.74) is 7.32. The first-order chi connectivity index (χ1) is 8.18. The lowest BCUT2D eigenvalue weighted by atomic mass is 10.2. The van der Waals surface area contributed by atoms with Gasteiger partial charge in [0.15, 0.2) is 0 Å². The van der Waals surface area contributed by atoms with Crippen molar-refractivity contribution >= 4 is 11.8 Å². The molecule has 1 aromatic carbocycles. The monoisotopic (exact) mass is 230 g/mol. The summed E-state index contributed by atoms with van der Waals surface area (Å²) in [6.07, 6.45) is 2.27. The Hall–Kier alpha value is -2.10. The average molecular weight is 230 g/mol. The summed E-state index contributed by atoms with van der Waals surface area (Å²) in [5.74, 6) is -0.753. The van der Waals surface area contributed by atoms with E-state index in [1.54, 1.807) is 24.3 Å². The molecular weight excluding hydrogens is 216 g/mol. The van der Waals surface area contributed by atoms with Gasteiger partial charge in [0.1, 0.15) is 0 Å². The molecule has 1 aliphatic rings. The van der Waals surface area contributed by atoms with Gasteiger partial charge in [0, 0.05) is 16.8 Å². The third-order valence-electron chi connectivity index (χ3n) is 2.80. The zero-order valence-corrected chi connectivity index (χ0v) is 9.40. The van der Waals surface area contributed by atoms with E-state index in [4.69, 9.17) is 5.73 Å². The summed E-state index contributed by atoms with van der Waals surface area (Å²) in [5, 5.41) is 2.35. The Morgan fingerprint density at radius 3 is 2.35 bits per heavy atom. The molecule has 0 fully saturated rings. The maximum Gasteiger partial charge on any atom is 0.258 e. The van der Waals surface area contributed by atoms with Gasteiger partial charge in [-0.05, 0) is 31.4 Å². The van der Waals surface area contributed by atoms with Gasteiger partial charge in [0.2, 0.25) is 0 Å². The maximum atomic E-state index is 11.8. The van der Waals surface area contributed by atoms with Crippen molar-refractivity contribution in [3.05, 3.63) is 47.2 Å². The van der Waals surface area contributed by atoms with E-state index in [0.717, 1.165) is 12.8 Å². The SMILES string of the molecule is NC1=C(C(=O)NC(=O)c2ccccc2)CCC1. The number of hydrogen-bond donors (Lipinski definition) is 2. The molecule has 0 radical (unpaired) electrons. The molecule has 4 heteroatoms. The van der Waals surface area contributed by atoms with E-state index in [2.05, 4.69) is 5.32 Å². The van der Waals surface area contributed by atoms with Crippen LogP contribution in [0.25, 0.3) is 0 Å². The highest BCUT2D eigenvalue weighted by molar-refractivity contribution is 6.10. The molecule has 1 aromatic rings. The van der Waals surface area contributed by atoms with Gasteiger partial charge in [0.25, 0.3) is 11.8 Å². The number of benzene rings is 1. The second-order valence-corrected chi connectivity index (χ2v) is 4.01. The lowest BCUT2D eigenvalue weighted by molar-refractivity contribution is -0.116. The van der Waals surface area contributed by atoms with Crippen LogP contribution >= 0.6 is 0 Å². The quantitative estimate of drug-likeness (QED) is 0.753. The molecule has 3 N–H and O–H groups in total. The predicted molar refractivity (Wildman–Crippen MR) is 64.0 cm³/mol. The summed E-state index contributed by atoms with van der Waals surface area (Å²) in [7, 11) is 0. The molecule has 0 unspecified atom stereocenters. The molecule has 2 amide bonds. The van der Waals surface area contributed by atoms with Crippen molar-refractivity contribution in [2.24, 2.45) is 5.73 Å². The van der Waals surface area contributed by atoms with Gasteiger partial charge in [-0.1, -0.05) is 18.2 Å². The average Bonchev–Trinajstić information content (AvgIpc) is 2.76. The standard InChI is InChI=1S/C13H14N2O2/c14-11-8-4-7-10(11)13(17)15-12(16)9-5-2-1-3-6-9/h1-3,5-6H,4,7-8,14H2,(H,15,16,17). The third kappa shape index (κ3) is 2.53. The van der Waals surface area contributed by atoms with Crippen LogP contribution in [0.5, 0.6) is 0 Å². The van der Waals surface area contributed by atoms with Crippen LogP contribution in [0, 0.1) is 0 Å². The van der Waals surface area contributed by atoms with Crippen LogP contribution in [0.4, 0.5) is 0 Å². The van der Waals surface area contributed by atoms with Gasteiger partial charge in [-0.15, -0.1) is 0 Å². The van der Waals surface area contributed by atoms with Gasteiger partial charge in [-0.2, -0.15) is 0 Å². The van der Waals surface area contributed by atoms with Crippen LogP contribution < -0.4 is 11.1 Å². The number of hydrogen-bond acceptors (Lipinski definition) is 3. The van der Waals surface area contributed by atoms with Crippen LogP contribution in [0.1, 0.15) is 29.6 Å². The van der Waals surface area contributed by atoms with Crippen molar-refractivity contribution < 1.29 is 9.59 Å². The molecule has 17 heavy (non-hydrogen) atoms. The first-order valence-corrected chi connectivity index (χ1v) is 5.56.